The first-order chi connectivity index (χ1) is 14.3. The molecule has 156 valence electrons. The van der Waals surface area contributed by atoms with Gasteiger partial charge in [-0.25, -0.2) is 4.39 Å². The highest BCUT2D eigenvalue weighted by molar-refractivity contribution is 7.99. The number of rotatable bonds is 7. The van der Waals surface area contributed by atoms with Gasteiger partial charge in [0.05, 0.1) is 12.3 Å². The predicted molar refractivity (Wildman–Crippen MR) is 114 cm³/mol. The second kappa shape index (κ2) is 9.73. The minimum atomic E-state index is -0.406. The van der Waals surface area contributed by atoms with Crippen molar-refractivity contribution in [2.75, 3.05) is 11.1 Å². The van der Waals surface area contributed by atoms with E-state index in [0.717, 1.165) is 5.56 Å². The number of nitrogens with one attached hydrogen (secondary N) is 2. The number of aromatic nitrogens is 3. The van der Waals surface area contributed by atoms with Crippen LogP contribution in [-0.2, 0) is 18.4 Å². The maximum absolute atomic E-state index is 13.0. The summed E-state index contributed by atoms with van der Waals surface area (Å²) >= 11 is 7.29. The standard InChI is InChI=1S/C20H19ClFN5O2S/c1-12-3-8-15(9-16(12)21)24-18(28)11-30-20-26-25-17(27(20)2)10-23-19(29)13-4-6-14(22)7-5-13/h3-9H,10-11H2,1-2H3,(H,23,29)(H,24,28). The molecule has 0 bridgehead atoms. The Hall–Kier alpha value is -2.91. The third kappa shape index (κ3) is 5.58. The van der Waals surface area contributed by atoms with Crippen LogP contribution >= 0.6 is 23.4 Å². The number of amides is 2. The topological polar surface area (TPSA) is 88.9 Å². The van der Waals surface area contributed by atoms with Crippen LogP contribution in [0.4, 0.5) is 10.1 Å². The summed E-state index contributed by atoms with van der Waals surface area (Å²) in [4.78, 5) is 24.3. The van der Waals surface area contributed by atoms with Crippen molar-refractivity contribution in [3.63, 3.8) is 0 Å². The number of benzene rings is 2. The summed E-state index contributed by atoms with van der Waals surface area (Å²) in [5.74, 6) is -0.286. The molecule has 0 aliphatic heterocycles. The van der Waals surface area contributed by atoms with Gasteiger partial charge in [0.1, 0.15) is 5.82 Å². The fraction of sp³-hybridized carbons (Fsp3) is 0.200. The van der Waals surface area contributed by atoms with E-state index in [1.54, 1.807) is 23.7 Å². The summed E-state index contributed by atoms with van der Waals surface area (Å²) in [6, 6.07) is 10.6. The van der Waals surface area contributed by atoms with Crippen molar-refractivity contribution in [1.82, 2.24) is 20.1 Å². The fourth-order valence-electron chi connectivity index (χ4n) is 2.49. The Kier molecular flexibility index (Phi) is 7.07. The quantitative estimate of drug-likeness (QED) is 0.540. The Morgan fingerprint density at radius 2 is 1.90 bits per heavy atom. The maximum Gasteiger partial charge on any atom is 0.251 e. The zero-order valence-corrected chi connectivity index (χ0v) is 17.9. The largest absolute Gasteiger partial charge is 0.345 e. The number of anilines is 1. The highest BCUT2D eigenvalue weighted by Crippen LogP contribution is 2.21. The first kappa shape index (κ1) is 21.8. The van der Waals surface area contributed by atoms with Crippen LogP contribution in [0.25, 0.3) is 0 Å². The number of nitrogens with zero attached hydrogens (tertiary/aromatic N) is 3. The zero-order valence-electron chi connectivity index (χ0n) is 16.3. The third-order valence-electron chi connectivity index (χ3n) is 4.23. The molecule has 2 N–H and O–H groups in total. The SMILES string of the molecule is Cc1ccc(NC(=O)CSc2nnc(CNC(=O)c3ccc(F)cc3)n2C)cc1Cl. The molecule has 3 rings (SSSR count). The maximum atomic E-state index is 13.0. The molecule has 0 saturated heterocycles. The van der Waals surface area contributed by atoms with Crippen molar-refractivity contribution in [3.8, 4) is 0 Å². The van der Waals surface area contributed by atoms with Crippen molar-refractivity contribution in [1.29, 1.82) is 0 Å². The average molecular weight is 448 g/mol. The summed E-state index contributed by atoms with van der Waals surface area (Å²) in [6.07, 6.45) is 0. The molecular weight excluding hydrogens is 429 g/mol. The summed E-state index contributed by atoms with van der Waals surface area (Å²) in [5.41, 5.74) is 1.90. The molecule has 7 nitrogen and oxygen atoms in total. The van der Waals surface area contributed by atoms with Crippen molar-refractivity contribution in [2.24, 2.45) is 7.05 Å². The Bertz CT molecular complexity index is 1070. The van der Waals surface area contributed by atoms with Crippen molar-refractivity contribution >= 4 is 40.9 Å². The molecule has 0 fully saturated rings. The van der Waals surface area contributed by atoms with E-state index in [-0.39, 0.29) is 24.1 Å². The van der Waals surface area contributed by atoms with Gasteiger partial charge in [-0.1, -0.05) is 29.4 Å². The smallest absolute Gasteiger partial charge is 0.251 e. The first-order valence-corrected chi connectivity index (χ1v) is 10.3. The minimum absolute atomic E-state index is 0.138. The lowest BCUT2D eigenvalue weighted by Gasteiger charge is -2.07. The molecule has 0 aliphatic rings. The summed E-state index contributed by atoms with van der Waals surface area (Å²) in [5, 5.41) is 14.7. The van der Waals surface area contributed by atoms with E-state index < -0.39 is 5.82 Å². The van der Waals surface area contributed by atoms with Gasteiger partial charge in [-0.2, -0.15) is 0 Å². The van der Waals surface area contributed by atoms with E-state index in [1.165, 1.54) is 36.0 Å². The van der Waals surface area contributed by atoms with Crippen molar-refractivity contribution < 1.29 is 14.0 Å². The van der Waals surface area contributed by atoms with Crippen molar-refractivity contribution in [3.05, 3.63) is 70.3 Å². The van der Waals surface area contributed by atoms with E-state index in [1.807, 2.05) is 13.0 Å². The minimum Gasteiger partial charge on any atom is -0.345 e. The number of hydrogen-bond acceptors (Lipinski definition) is 5. The zero-order chi connectivity index (χ0) is 21.7. The highest BCUT2D eigenvalue weighted by Gasteiger charge is 2.13. The number of thioether (sulfide) groups is 1. The number of aryl methyl sites for hydroxylation is 1. The van der Waals surface area contributed by atoms with Crippen LogP contribution < -0.4 is 10.6 Å². The summed E-state index contributed by atoms with van der Waals surface area (Å²) in [7, 11) is 1.75. The van der Waals surface area contributed by atoms with E-state index in [2.05, 4.69) is 20.8 Å². The second-order valence-electron chi connectivity index (χ2n) is 6.45. The van der Waals surface area contributed by atoms with Gasteiger partial charge in [0.2, 0.25) is 5.91 Å². The van der Waals surface area contributed by atoms with Gasteiger partial charge in [-0.05, 0) is 48.9 Å². The molecule has 0 aliphatic carbocycles. The van der Waals surface area contributed by atoms with E-state index in [4.69, 9.17) is 11.6 Å². The molecule has 0 saturated carbocycles. The van der Waals surface area contributed by atoms with Gasteiger partial charge in [0.25, 0.3) is 5.91 Å². The molecule has 3 aromatic rings. The highest BCUT2D eigenvalue weighted by atomic mass is 35.5. The van der Waals surface area contributed by atoms with Gasteiger partial charge in [-0.3, -0.25) is 9.59 Å². The van der Waals surface area contributed by atoms with Crippen LogP contribution in [0.1, 0.15) is 21.7 Å². The summed E-state index contributed by atoms with van der Waals surface area (Å²) in [6.45, 7) is 2.03. The van der Waals surface area contributed by atoms with Gasteiger partial charge < -0.3 is 15.2 Å². The Morgan fingerprint density at radius 3 is 2.60 bits per heavy atom. The van der Waals surface area contributed by atoms with Gasteiger partial charge in [-0.15, -0.1) is 10.2 Å². The lowest BCUT2D eigenvalue weighted by Crippen LogP contribution is -2.24. The fourth-order valence-corrected chi connectivity index (χ4v) is 3.40. The van der Waals surface area contributed by atoms with Crippen LogP contribution in [0.3, 0.4) is 0 Å². The lowest BCUT2D eigenvalue weighted by molar-refractivity contribution is -0.113. The molecular formula is C20H19ClFN5O2S. The molecule has 1 aromatic heterocycles. The Balaban J connectivity index is 1.52. The molecule has 0 atom stereocenters. The van der Waals surface area contributed by atoms with Crippen LogP contribution in [0.2, 0.25) is 5.02 Å². The van der Waals surface area contributed by atoms with E-state index >= 15 is 0 Å². The predicted octanol–water partition coefficient (Wildman–Crippen LogP) is 3.58. The monoisotopic (exact) mass is 447 g/mol. The van der Waals surface area contributed by atoms with Gasteiger partial charge >= 0.3 is 0 Å². The number of carbonyl (C=O) groups is 2. The molecule has 30 heavy (non-hydrogen) atoms. The lowest BCUT2D eigenvalue weighted by atomic mass is 10.2. The Labute approximate surface area is 182 Å². The normalized spacial score (nSPS) is 10.7. The number of carbonyl (C=O) groups excluding carboxylic acids is 2. The Morgan fingerprint density at radius 1 is 1.17 bits per heavy atom. The van der Waals surface area contributed by atoms with Crippen LogP contribution in [0.5, 0.6) is 0 Å². The van der Waals surface area contributed by atoms with Crippen LogP contribution in [-0.4, -0.2) is 32.3 Å². The van der Waals surface area contributed by atoms with Crippen LogP contribution in [0.15, 0.2) is 47.6 Å². The number of halogens is 2. The molecule has 2 aromatic carbocycles. The van der Waals surface area contributed by atoms with E-state index in [9.17, 15) is 14.0 Å². The molecule has 0 radical (unpaired) electrons. The molecule has 0 spiro atoms. The number of hydrogen-bond donors (Lipinski definition) is 2. The molecule has 2 amide bonds. The third-order valence-corrected chi connectivity index (χ3v) is 5.65. The van der Waals surface area contributed by atoms with E-state index in [0.29, 0.717) is 27.3 Å². The van der Waals surface area contributed by atoms with Gasteiger partial charge in [0.15, 0.2) is 11.0 Å². The first-order valence-electron chi connectivity index (χ1n) is 8.94. The van der Waals surface area contributed by atoms with Crippen LogP contribution in [0, 0.1) is 12.7 Å². The summed E-state index contributed by atoms with van der Waals surface area (Å²) < 4.78 is 14.7. The average Bonchev–Trinajstić information content (AvgIpc) is 3.07. The molecule has 0 unspecified atom stereocenters. The van der Waals surface area contributed by atoms with Gasteiger partial charge in [0, 0.05) is 23.3 Å². The molecule has 10 heteroatoms. The second-order valence-corrected chi connectivity index (χ2v) is 7.80. The molecule has 1 heterocycles. The van der Waals surface area contributed by atoms with Crippen molar-refractivity contribution in [2.45, 2.75) is 18.6 Å².